The van der Waals surface area contributed by atoms with E-state index in [1.807, 2.05) is 26.8 Å². The van der Waals surface area contributed by atoms with Crippen LogP contribution in [0.5, 0.6) is 0 Å². The molecule has 2 heterocycles. The third-order valence-electron chi connectivity index (χ3n) is 5.34. The van der Waals surface area contributed by atoms with Crippen LogP contribution in [-0.4, -0.2) is 29.2 Å². The van der Waals surface area contributed by atoms with Crippen LogP contribution in [0.3, 0.4) is 0 Å². The zero-order valence-corrected chi connectivity index (χ0v) is 17.6. The van der Waals surface area contributed by atoms with E-state index in [2.05, 4.69) is 15.5 Å². The SMILES string of the molecule is CC(C)(C)c1ccc(NC(=O)C2CCN(c3ccc(C#N)c(C(F)(F)F)c3)CC2)nn1. The molecule has 0 bridgehead atoms. The molecule has 0 unspecified atom stereocenters. The van der Waals surface area contributed by atoms with E-state index in [9.17, 15) is 18.0 Å². The van der Waals surface area contributed by atoms with Crippen molar-refractivity contribution in [2.24, 2.45) is 5.92 Å². The first-order valence-corrected chi connectivity index (χ1v) is 10.0. The molecule has 0 aliphatic carbocycles. The van der Waals surface area contributed by atoms with Gasteiger partial charge in [-0.1, -0.05) is 20.8 Å². The molecule has 9 heteroatoms. The van der Waals surface area contributed by atoms with Crippen molar-refractivity contribution in [1.29, 1.82) is 5.26 Å². The van der Waals surface area contributed by atoms with Gasteiger partial charge in [-0.3, -0.25) is 4.79 Å². The van der Waals surface area contributed by atoms with E-state index in [0.717, 1.165) is 11.8 Å². The molecule has 1 aliphatic rings. The Kier molecular flexibility index (Phi) is 6.20. The Balaban J connectivity index is 1.62. The predicted octanol–water partition coefficient (Wildman–Crippen LogP) is 4.52. The van der Waals surface area contributed by atoms with Gasteiger partial charge in [-0.05, 0) is 43.2 Å². The van der Waals surface area contributed by atoms with E-state index in [-0.39, 0.29) is 17.2 Å². The van der Waals surface area contributed by atoms with Crippen LogP contribution in [0.4, 0.5) is 24.7 Å². The average molecular weight is 431 g/mol. The summed E-state index contributed by atoms with van der Waals surface area (Å²) in [6, 6.07) is 8.84. The summed E-state index contributed by atoms with van der Waals surface area (Å²) >= 11 is 0. The Morgan fingerprint density at radius 3 is 2.32 bits per heavy atom. The Morgan fingerprint density at radius 2 is 1.81 bits per heavy atom. The molecule has 1 aromatic carbocycles. The van der Waals surface area contributed by atoms with Crippen molar-refractivity contribution in [3.05, 3.63) is 47.2 Å². The zero-order chi connectivity index (χ0) is 22.8. The smallest absolute Gasteiger partial charge is 0.371 e. The molecule has 2 aromatic rings. The fourth-order valence-corrected chi connectivity index (χ4v) is 3.49. The maximum atomic E-state index is 13.2. The molecular weight excluding hydrogens is 407 g/mol. The summed E-state index contributed by atoms with van der Waals surface area (Å²) in [6.07, 6.45) is -3.59. The number of hydrogen-bond donors (Lipinski definition) is 1. The number of halogens is 3. The highest BCUT2D eigenvalue weighted by Gasteiger charge is 2.35. The van der Waals surface area contributed by atoms with Crippen molar-refractivity contribution in [2.75, 3.05) is 23.3 Å². The third-order valence-corrected chi connectivity index (χ3v) is 5.34. The molecule has 164 valence electrons. The van der Waals surface area contributed by atoms with Crippen LogP contribution >= 0.6 is 0 Å². The number of alkyl halides is 3. The minimum atomic E-state index is -4.59. The maximum Gasteiger partial charge on any atom is 0.417 e. The van der Waals surface area contributed by atoms with Crippen molar-refractivity contribution in [1.82, 2.24) is 10.2 Å². The van der Waals surface area contributed by atoms with Gasteiger partial charge >= 0.3 is 6.18 Å². The van der Waals surface area contributed by atoms with Gasteiger partial charge in [0.1, 0.15) is 0 Å². The fourth-order valence-electron chi connectivity index (χ4n) is 3.49. The summed E-state index contributed by atoms with van der Waals surface area (Å²) in [5.41, 5.74) is -0.262. The van der Waals surface area contributed by atoms with Crippen molar-refractivity contribution in [3.8, 4) is 6.07 Å². The summed E-state index contributed by atoms with van der Waals surface area (Å²) in [7, 11) is 0. The monoisotopic (exact) mass is 431 g/mol. The number of nitriles is 1. The first-order valence-electron chi connectivity index (χ1n) is 10.0. The Bertz CT molecular complexity index is 982. The Morgan fingerprint density at radius 1 is 1.13 bits per heavy atom. The Labute approximate surface area is 179 Å². The molecular formula is C22H24F3N5O. The average Bonchev–Trinajstić information content (AvgIpc) is 2.72. The number of amides is 1. The van der Waals surface area contributed by atoms with E-state index in [1.54, 1.807) is 17.0 Å². The highest BCUT2D eigenvalue weighted by molar-refractivity contribution is 5.91. The van der Waals surface area contributed by atoms with Crippen LogP contribution in [0.1, 0.15) is 50.4 Å². The van der Waals surface area contributed by atoms with Crippen LogP contribution < -0.4 is 10.2 Å². The van der Waals surface area contributed by atoms with E-state index >= 15 is 0 Å². The number of anilines is 2. The number of benzene rings is 1. The minimum absolute atomic E-state index is 0.139. The number of rotatable bonds is 3. The van der Waals surface area contributed by atoms with Gasteiger partial charge in [0.25, 0.3) is 0 Å². The number of nitrogens with zero attached hydrogens (tertiary/aromatic N) is 4. The van der Waals surface area contributed by atoms with Crippen LogP contribution in [-0.2, 0) is 16.4 Å². The quantitative estimate of drug-likeness (QED) is 0.773. The zero-order valence-electron chi connectivity index (χ0n) is 17.6. The molecule has 6 nitrogen and oxygen atoms in total. The van der Waals surface area contributed by atoms with Gasteiger partial charge in [-0.25, -0.2) is 0 Å². The molecule has 0 spiro atoms. The summed E-state index contributed by atoms with van der Waals surface area (Å²) in [5.74, 6) is -0.0589. The normalized spacial score (nSPS) is 15.5. The predicted molar refractivity (Wildman–Crippen MR) is 110 cm³/mol. The minimum Gasteiger partial charge on any atom is -0.371 e. The second kappa shape index (κ2) is 8.53. The molecule has 1 aromatic heterocycles. The van der Waals surface area contributed by atoms with Gasteiger partial charge in [-0.2, -0.15) is 23.5 Å². The van der Waals surface area contributed by atoms with Gasteiger partial charge in [0.2, 0.25) is 5.91 Å². The number of hydrogen-bond acceptors (Lipinski definition) is 5. The lowest BCUT2D eigenvalue weighted by Crippen LogP contribution is -2.38. The number of piperidine rings is 1. The molecule has 1 N–H and O–H groups in total. The van der Waals surface area contributed by atoms with Crippen LogP contribution in [0.25, 0.3) is 0 Å². The lowest BCUT2D eigenvalue weighted by Gasteiger charge is -2.33. The molecule has 0 saturated carbocycles. The van der Waals surface area contributed by atoms with E-state index in [1.165, 1.54) is 12.1 Å². The van der Waals surface area contributed by atoms with E-state index < -0.39 is 17.3 Å². The van der Waals surface area contributed by atoms with Crippen LogP contribution in [0, 0.1) is 17.2 Å². The number of nitrogens with one attached hydrogen (secondary N) is 1. The first kappa shape index (κ1) is 22.5. The van der Waals surface area contributed by atoms with Crippen molar-refractivity contribution < 1.29 is 18.0 Å². The highest BCUT2D eigenvalue weighted by atomic mass is 19.4. The summed E-state index contributed by atoms with van der Waals surface area (Å²) in [6.45, 7) is 6.95. The second-order valence-corrected chi connectivity index (χ2v) is 8.64. The van der Waals surface area contributed by atoms with Crippen molar-refractivity contribution in [2.45, 2.75) is 45.2 Å². The third kappa shape index (κ3) is 5.32. The molecule has 3 rings (SSSR count). The molecule has 1 aliphatic heterocycles. The molecule has 0 atom stereocenters. The van der Waals surface area contributed by atoms with Gasteiger partial charge < -0.3 is 10.2 Å². The van der Waals surface area contributed by atoms with Crippen molar-refractivity contribution >= 4 is 17.4 Å². The van der Waals surface area contributed by atoms with Crippen LogP contribution in [0.15, 0.2) is 30.3 Å². The van der Waals surface area contributed by atoms with E-state index in [4.69, 9.17) is 5.26 Å². The van der Waals surface area contributed by atoms with Gasteiger partial charge in [0.15, 0.2) is 5.82 Å². The lowest BCUT2D eigenvalue weighted by atomic mass is 9.92. The van der Waals surface area contributed by atoms with Gasteiger partial charge in [0, 0.05) is 30.1 Å². The van der Waals surface area contributed by atoms with Crippen molar-refractivity contribution in [3.63, 3.8) is 0 Å². The summed E-state index contributed by atoms with van der Waals surface area (Å²) in [5, 5.41) is 19.9. The largest absolute Gasteiger partial charge is 0.417 e. The fraction of sp³-hybridized carbons (Fsp3) is 0.455. The molecule has 0 radical (unpaired) electrons. The molecule has 1 amide bonds. The molecule has 31 heavy (non-hydrogen) atoms. The summed E-state index contributed by atoms with van der Waals surface area (Å²) in [4.78, 5) is 14.4. The molecule has 1 fully saturated rings. The van der Waals surface area contributed by atoms with Gasteiger partial charge in [0.05, 0.1) is 22.9 Å². The van der Waals surface area contributed by atoms with E-state index in [0.29, 0.717) is 37.4 Å². The second-order valence-electron chi connectivity index (χ2n) is 8.64. The highest BCUT2D eigenvalue weighted by Crippen LogP contribution is 2.35. The van der Waals surface area contributed by atoms with Gasteiger partial charge in [-0.15, -0.1) is 5.10 Å². The standard InChI is InChI=1S/C22H24F3N5O/c1-21(2,3)18-6-7-19(29-28-18)27-20(31)14-8-10-30(11-9-14)16-5-4-15(13-26)17(12-16)22(23,24)25/h4-7,12,14H,8-11H2,1-3H3,(H,27,29,31). The first-order chi connectivity index (χ1) is 14.5. The Hall–Kier alpha value is -3.15. The maximum absolute atomic E-state index is 13.2. The topological polar surface area (TPSA) is 81.9 Å². The summed E-state index contributed by atoms with van der Waals surface area (Å²) < 4.78 is 39.6. The molecule has 1 saturated heterocycles. The lowest BCUT2D eigenvalue weighted by molar-refractivity contribution is -0.137. The number of aromatic nitrogens is 2. The van der Waals surface area contributed by atoms with Crippen LogP contribution in [0.2, 0.25) is 0 Å². The number of carbonyl (C=O) groups excluding carboxylic acids is 1. The number of carbonyl (C=O) groups is 1.